The summed E-state index contributed by atoms with van der Waals surface area (Å²) in [5.41, 5.74) is 0.526. The third-order valence-corrected chi connectivity index (χ3v) is 4.94. The van der Waals surface area contributed by atoms with E-state index in [-0.39, 0.29) is 36.1 Å². The van der Waals surface area contributed by atoms with Gasteiger partial charge in [0.1, 0.15) is 11.8 Å². The molecular formula is C13H16N3NaO6S. The predicted molar refractivity (Wildman–Crippen MR) is 86.5 cm³/mol. The van der Waals surface area contributed by atoms with Crippen LogP contribution in [0.1, 0.15) is 6.42 Å². The van der Waals surface area contributed by atoms with E-state index in [0.29, 0.717) is 22.2 Å². The van der Waals surface area contributed by atoms with Crippen LogP contribution in [0.25, 0.3) is 0 Å². The number of anilines is 1. The molecule has 11 heteroatoms. The van der Waals surface area contributed by atoms with Gasteiger partial charge in [0.2, 0.25) is 0 Å². The number of amides is 3. The number of likely N-dealkylation sites (tertiary alicyclic amines) is 1. The van der Waals surface area contributed by atoms with Gasteiger partial charge in [-0.05, 0) is 30.7 Å². The van der Waals surface area contributed by atoms with Crippen molar-refractivity contribution >= 4 is 57.5 Å². The molecule has 2 N–H and O–H groups in total. The Labute approximate surface area is 161 Å². The number of carbonyl (C=O) groups is 2. The Morgan fingerprint density at radius 3 is 2.50 bits per heavy atom. The number of urea groups is 1. The van der Waals surface area contributed by atoms with E-state index in [9.17, 15) is 18.0 Å². The van der Waals surface area contributed by atoms with Crippen LogP contribution in [0.2, 0.25) is 0 Å². The molecule has 0 radical (unpaired) electrons. The zero-order valence-electron chi connectivity index (χ0n) is 12.2. The Kier molecular flexibility index (Phi) is 5.45. The fourth-order valence-electron chi connectivity index (χ4n) is 2.91. The molecule has 24 heavy (non-hydrogen) atoms. The van der Waals surface area contributed by atoms with Crippen molar-refractivity contribution in [1.29, 1.82) is 0 Å². The summed E-state index contributed by atoms with van der Waals surface area (Å²) in [6, 6.07) is 4.61. The number of benzene rings is 1. The summed E-state index contributed by atoms with van der Waals surface area (Å²) in [7, 11) is -3.04. The number of hydrogen-bond acceptors (Lipinski definition) is 5. The maximum atomic E-state index is 12.3. The molecule has 126 valence electrons. The number of nitrogens with one attached hydrogen (secondary N) is 1. The Bertz CT molecular complexity index is 753. The van der Waals surface area contributed by atoms with E-state index in [1.165, 1.54) is 12.0 Å². The fraction of sp³-hybridized carbons (Fsp3) is 0.385. The van der Waals surface area contributed by atoms with Crippen LogP contribution in [-0.4, -0.2) is 89.4 Å². The first kappa shape index (κ1) is 19.0. The van der Waals surface area contributed by atoms with Crippen LogP contribution in [0.4, 0.5) is 10.5 Å². The number of methoxy groups -OCH3 is 1. The number of nitrogens with zero attached hydrogens (tertiary/aromatic N) is 2. The molecule has 2 atom stereocenters. The van der Waals surface area contributed by atoms with Crippen molar-refractivity contribution in [2.45, 2.75) is 18.5 Å². The van der Waals surface area contributed by atoms with Gasteiger partial charge in [-0.3, -0.25) is 9.35 Å². The molecule has 1 aromatic rings. The molecule has 0 bridgehead atoms. The van der Waals surface area contributed by atoms with Gasteiger partial charge in [0, 0.05) is 12.2 Å². The summed E-state index contributed by atoms with van der Waals surface area (Å²) in [5, 5.41) is 2.64. The van der Waals surface area contributed by atoms with Crippen molar-refractivity contribution in [2.24, 2.45) is 0 Å². The molecule has 3 amide bonds. The summed E-state index contributed by atoms with van der Waals surface area (Å²) in [6.07, 6.45) is 0.298. The number of ether oxygens (including phenoxy) is 1. The Morgan fingerprint density at radius 1 is 1.33 bits per heavy atom. The van der Waals surface area contributed by atoms with Crippen molar-refractivity contribution in [3.63, 3.8) is 0 Å². The predicted octanol–water partition coefficient (Wildman–Crippen LogP) is -0.333. The molecule has 2 fully saturated rings. The third kappa shape index (κ3) is 3.24. The van der Waals surface area contributed by atoms with E-state index < -0.39 is 34.3 Å². The molecule has 0 aromatic heterocycles. The van der Waals surface area contributed by atoms with Crippen LogP contribution in [0.5, 0.6) is 5.75 Å². The molecule has 0 saturated carbocycles. The first-order chi connectivity index (χ1) is 10.8. The number of rotatable bonds is 3. The summed E-state index contributed by atoms with van der Waals surface area (Å²) in [6.45, 7) is 0.231. The summed E-state index contributed by atoms with van der Waals surface area (Å²) >= 11 is 0. The molecule has 2 aliphatic heterocycles. The van der Waals surface area contributed by atoms with Crippen molar-refractivity contribution in [3.05, 3.63) is 24.3 Å². The third-order valence-electron chi connectivity index (χ3n) is 3.99. The first-order valence-corrected chi connectivity index (χ1v) is 8.25. The maximum absolute atomic E-state index is 12.3. The second kappa shape index (κ2) is 6.89. The molecule has 2 saturated heterocycles. The zero-order valence-corrected chi connectivity index (χ0v) is 13.0. The summed E-state index contributed by atoms with van der Waals surface area (Å²) < 4.78 is 36.7. The van der Waals surface area contributed by atoms with E-state index in [0.717, 1.165) is 0 Å². The van der Waals surface area contributed by atoms with Crippen molar-refractivity contribution in [3.8, 4) is 5.75 Å². The minimum absolute atomic E-state index is 0. The van der Waals surface area contributed by atoms with Crippen molar-refractivity contribution in [1.82, 2.24) is 9.21 Å². The number of β-lactam (4-membered cyclic amide) rings is 1. The molecule has 0 unspecified atom stereocenters. The minimum atomic E-state index is -4.57. The zero-order chi connectivity index (χ0) is 16.8. The van der Waals surface area contributed by atoms with Crippen LogP contribution in [0.3, 0.4) is 0 Å². The van der Waals surface area contributed by atoms with Gasteiger partial charge >= 0.3 is 45.9 Å². The second-order valence-electron chi connectivity index (χ2n) is 5.26. The summed E-state index contributed by atoms with van der Waals surface area (Å²) in [4.78, 5) is 25.4. The average Bonchev–Trinajstić information content (AvgIpc) is 2.85. The molecule has 3 rings (SSSR count). The molecular weight excluding hydrogens is 349 g/mol. The van der Waals surface area contributed by atoms with Gasteiger partial charge in [-0.1, -0.05) is 0 Å². The van der Waals surface area contributed by atoms with Crippen LogP contribution in [-0.2, 0) is 15.1 Å². The van der Waals surface area contributed by atoms with Gasteiger partial charge in [0.05, 0.1) is 13.2 Å². The van der Waals surface area contributed by atoms with Gasteiger partial charge in [0.25, 0.3) is 5.91 Å². The van der Waals surface area contributed by atoms with Gasteiger partial charge in [0.15, 0.2) is 0 Å². The SMILES string of the molecule is COc1ccc(NC(=O)N2CC[C@@H]3[C@H]2C(=O)N3S(=O)(=O)O)cc1.[NaH]. The molecule has 2 aliphatic rings. The van der Waals surface area contributed by atoms with Gasteiger partial charge in [-0.25, -0.2) is 9.10 Å². The first-order valence-electron chi connectivity index (χ1n) is 6.85. The molecule has 1 aromatic carbocycles. The quantitative estimate of drug-likeness (QED) is 0.430. The van der Waals surface area contributed by atoms with Crippen LogP contribution >= 0.6 is 0 Å². The normalized spacial score (nSPS) is 22.3. The number of carbonyl (C=O) groups excluding carboxylic acids is 2. The van der Waals surface area contributed by atoms with Crippen LogP contribution < -0.4 is 10.1 Å². The van der Waals surface area contributed by atoms with Crippen LogP contribution in [0.15, 0.2) is 24.3 Å². The molecule has 0 spiro atoms. The standard InChI is InChI=1S/C13H15N3O6S.Na.H/c1-22-9-4-2-8(3-5-9)14-13(18)15-7-6-10-11(15)12(17)16(10)23(19,20)21;;/h2-5,10-11H,6-7H2,1H3,(H,14,18)(H,19,20,21);;/t10-,11+;;/m1../s1. The van der Waals surface area contributed by atoms with Gasteiger partial charge in [-0.2, -0.15) is 8.42 Å². The second-order valence-corrected chi connectivity index (χ2v) is 6.55. The fourth-order valence-corrected chi connectivity index (χ4v) is 3.81. The molecule has 9 nitrogen and oxygen atoms in total. The number of fused-ring (bicyclic) bond motifs is 1. The monoisotopic (exact) mass is 365 g/mol. The topological polar surface area (TPSA) is 116 Å². The molecule has 0 aliphatic carbocycles. The number of hydrogen-bond donors (Lipinski definition) is 2. The molecule has 2 heterocycles. The average molecular weight is 365 g/mol. The summed E-state index contributed by atoms with van der Waals surface area (Å²) in [5.74, 6) is -0.151. The Morgan fingerprint density at radius 2 is 1.96 bits per heavy atom. The van der Waals surface area contributed by atoms with Gasteiger partial charge < -0.3 is 15.0 Å². The Balaban J connectivity index is 0.00000208. The van der Waals surface area contributed by atoms with E-state index in [1.54, 1.807) is 24.3 Å². The van der Waals surface area contributed by atoms with Crippen molar-refractivity contribution in [2.75, 3.05) is 19.0 Å². The van der Waals surface area contributed by atoms with Gasteiger partial charge in [-0.15, -0.1) is 0 Å². The van der Waals surface area contributed by atoms with E-state index >= 15 is 0 Å². The Hall–Kier alpha value is -1.33. The van der Waals surface area contributed by atoms with E-state index in [1.807, 2.05) is 0 Å². The van der Waals surface area contributed by atoms with Crippen molar-refractivity contribution < 1.29 is 27.3 Å². The van der Waals surface area contributed by atoms with E-state index in [4.69, 9.17) is 9.29 Å². The van der Waals surface area contributed by atoms with Crippen LogP contribution in [0, 0.1) is 0 Å². The van der Waals surface area contributed by atoms with E-state index in [2.05, 4.69) is 5.32 Å².